The Bertz CT molecular complexity index is 253. The Morgan fingerprint density at radius 1 is 1.33 bits per heavy atom. The molecule has 0 amide bonds. The number of hydrogen-bond donors (Lipinski definition) is 0. The van der Waals surface area contributed by atoms with Crippen molar-refractivity contribution < 1.29 is 9.59 Å². The van der Waals surface area contributed by atoms with Crippen molar-refractivity contribution in [2.24, 2.45) is 11.8 Å². The van der Waals surface area contributed by atoms with Crippen molar-refractivity contribution in [3.8, 4) is 0 Å². The van der Waals surface area contributed by atoms with Crippen LogP contribution in [-0.4, -0.2) is 11.6 Å². The largest absolute Gasteiger partial charge is 0.300 e. The van der Waals surface area contributed by atoms with Gasteiger partial charge in [0.25, 0.3) is 0 Å². The van der Waals surface area contributed by atoms with E-state index in [1.165, 1.54) is 0 Å². The van der Waals surface area contributed by atoms with Gasteiger partial charge in [-0.3, -0.25) is 9.59 Å². The van der Waals surface area contributed by atoms with Crippen LogP contribution in [0.5, 0.6) is 0 Å². The normalized spacial score (nSPS) is 35.0. The van der Waals surface area contributed by atoms with E-state index in [4.69, 9.17) is 0 Å². The molecule has 0 heterocycles. The SMILES string of the molecule is O=C1CCC(C2CC=CC2=O)C1. The molecule has 2 atom stereocenters. The summed E-state index contributed by atoms with van der Waals surface area (Å²) < 4.78 is 0. The van der Waals surface area contributed by atoms with E-state index in [-0.39, 0.29) is 11.7 Å². The third kappa shape index (κ3) is 1.22. The van der Waals surface area contributed by atoms with E-state index < -0.39 is 0 Å². The van der Waals surface area contributed by atoms with Crippen LogP contribution in [0.4, 0.5) is 0 Å². The van der Waals surface area contributed by atoms with Crippen LogP contribution in [0.25, 0.3) is 0 Å². The monoisotopic (exact) mass is 164 g/mol. The van der Waals surface area contributed by atoms with Crippen LogP contribution in [0.2, 0.25) is 0 Å². The average molecular weight is 164 g/mol. The summed E-state index contributed by atoms with van der Waals surface area (Å²) in [5.41, 5.74) is 0. The second kappa shape index (κ2) is 2.85. The molecule has 0 bridgehead atoms. The van der Waals surface area contributed by atoms with Crippen molar-refractivity contribution >= 4 is 11.6 Å². The van der Waals surface area contributed by atoms with Crippen molar-refractivity contribution in [2.45, 2.75) is 25.7 Å². The van der Waals surface area contributed by atoms with Crippen molar-refractivity contribution in [3.05, 3.63) is 12.2 Å². The van der Waals surface area contributed by atoms with Gasteiger partial charge in [0.1, 0.15) is 5.78 Å². The molecule has 0 spiro atoms. The second-order valence-corrected chi connectivity index (χ2v) is 3.69. The molecule has 0 aromatic heterocycles. The molecule has 0 radical (unpaired) electrons. The average Bonchev–Trinajstić information content (AvgIpc) is 2.58. The minimum absolute atomic E-state index is 0.136. The molecule has 2 nitrogen and oxygen atoms in total. The fraction of sp³-hybridized carbons (Fsp3) is 0.600. The number of rotatable bonds is 1. The van der Waals surface area contributed by atoms with E-state index in [0.717, 1.165) is 12.8 Å². The van der Waals surface area contributed by atoms with Crippen molar-refractivity contribution in [1.29, 1.82) is 0 Å². The zero-order valence-electron chi connectivity index (χ0n) is 6.95. The van der Waals surface area contributed by atoms with Gasteiger partial charge in [0.2, 0.25) is 0 Å². The Balaban J connectivity index is 2.02. The number of hydrogen-bond acceptors (Lipinski definition) is 2. The summed E-state index contributed by atoms with van der Waals surface area (Å²) in [5.74, 6) is 1.05. The fourth-order valence-electron chi connectivity index (χ4n) is 2.18. The molecule has 0 aliphatic heterocycles. The summed E-state index contributed by atoms with van der Waals surface area (Å²) in [7, 11) is 0. The lowest BCUT2D eigenvalue weighted by Gasteiger charge is -2.14. The Morgan fingerprint density at radius 2 is 2.17 bits per heavy atom. The Labute approximate surface area is 71.6 Å². The lowest BCUT2D eigenvalue weighted by Crippen LogP contribution is -2.16. The van der Waals surface area contributed by atoms with Gasteiger partial charge in [0.15, 0.2) is 5.78 Å². The molecule has 2 heteroatoms. The molecule has 12 heavy (non-hydrogen) atoms. The molecule has 1 saturated carbocycles. The summed E-state index contributed by atoms with van der Waals surface area (Å²) in [5, 5.41) is 0. The number of carbonyl (C=O) groups is 2. The quantitative estimate of drug-likeness (QED) is 0.588. The minimum atomic E-state index is 0.136. The third-order valence-corrected chi connectivity index (χ3v) is 2.89. The summed E-state index contributed by atoms with van der Waals surface area (Å²) in [6.07, 6.45) is 6.70. The van der Waals surface area contributed by atoms with Crippen LogP contribution in [0.1, 0.15) is 25.7 Å². The van der Waals surface area contributed by atoms with Crippen LogP contribution in [0.15, 0.2) is 12.2 Å². The lowest BCUT2D eigenvalue weighted by atomic mass is 9.88. The Hall–Kier alpha value is -0.920. The first-order valence-electron chi connectivity index (χ1n) is 4.49. The van der Waals surface area contributed by atoms with Gasteiger partial charge in [0.05, 0.1) is 0 Å². The highest BCUT2D eigenvalue weighted by atomic mass is 16.1. The fourth-order valence-corrected chi connectivity index (χ4v) is 2.18. The van der Waals surface area contributed by atoms with E-state index >= 15 is 0 Å². The first-order valence-corrected chi connectivity index (χ1v) is 4.49. The maximum absolute atomic E-state index is 11.3. The maximum atomic E-state index is 11.3. The molecular weight excluding hydrogens is 152 g/mol. The summed E-state index contributed by atoms with van der Waals surface area (Å²) in [4.78, 5) is 22.3. The van der Waals surface area contributed by atoms with Gasteiger partial charge in [-0.25, -0.2) is 0 Å². The highest BCUT2D eigenvalue weighted by Gasteiger charge is 2.33. The molecule has 2 aliphatic carbocycles. The topological polar surface area (TPSA) is 34.1 Å². The first kappa shape index (κ1) is 7.71. The molecule has 0 N–H and O–H groups in total. The smallest absolute Gasteiger partial charge is 0.159 e. The van der Waals surface area contributed by atoms with E-state index in [9.17, 15) is 9.59 Å². The van der Waals surface area contributed by atoms with Crippen LogP contribution >= 0.6 is 0 Å². The van der Waals surface area contributed by atoms with Gasteiger partial charge in [-0.1, -0.05) is 6.08 Å². The van der Waals surface area contributed by atoms with Crippen LogP contribution in [0, 0.1) is 11.8 Å². The molecule has 2 unspecified atom stereocenters. The number of allylic oxidation sites excluding steroid dienone is 2. The molecule has 2 rings (SSSR count). The first-order chi connectivity index (χ1) is 5.77. The second-order valence-electron chi connectivity index (χ2n) is 3.69. The van der Waals surface area contributed by atoms with E-state index in [2.05, 4.69) is 0 Å². The molecular formula is C10H12O2. The van der Waals surface area contributed by atoms with Gasteiger partial charge in [-0.15, -0.1) is 0 Å². The van der Waals surface area contributed by atoms with E-state index in [1.807, 2.05) is 6.08 Å². The van der Waals surface area contributed by atoms with Crippen molar-refractivity contribution in [2.75, 3.05) is 0 Å². The molecule has 2 aliphatic rings. The van der Waals surface area contributed by atoms with Crippen LogP contribution in [0.3, 0.4) is 0 Å². The highest BCUT2D eigenvalue weighted by molar-refractivity contribution is 5.95. The molecule has 0 aromatic rings. The van der Waals surface area contributed by atoms with Crippen molar-refractivity contribution in [3.63, 3.8) is 0 Å². The number of ketones is 2. The summed E-state index contributed by atoms with van der Waals surface area (Å²) in [6.45, 7) is 0. The Morgan fingerprint density at radius 3 is 2.67 bits per heavy atom. The lowest BCUT2D eigenvalue weighted by molar-refractivity contribution is -0.119. The molecule has 0 aromatic carbocycles. The maximum Gasteiger partial charge on any atom is 0.159 e. The predicted octanol–water partition coefficient (Wildman–Crippen LogP) is 1.50. The zero-order valence-corrected chi connectivity index (χ0v) is 6.95. The van der Waals surface area contributed by atoms with Gasteiger partial charge in [0, 0.05) is 18.8 Å². The number of Topliss-reactive ketones (excluding diaryl/α,β-unsaturated/α-hetero) is 1. The van der Waals surface area contributed by atoms with E-state index in [1.54, 1.807) is 6.08 Å². The van der Waals surface area contributed by atoms with E-state index in [0.29, 0.717) is 24.5 Å². The zero-order chi connectivity index (χ0) is 8.55. The van der Waals surface area contributed by atoms with Gasteiger partial charge >= 0.3 is 0 Å². The molecule has 1 fully saturated rings. The number of carbonyl (C=O) groups excluding carboxylic acids is 2. The minimum Gasteiger partial charge on any atom is -0.300 e. The molecule has 64 valence electrons. The predicted molar refractivity (Wildman–Crippen MR) is 44.6 cm³/mol. The highest BCUT2D eigenvalue weighted by Crippen LogP contribution is 2.34. The third-order valence-electron chi connectivity index (χ3n) is 2.89. The van der Waals surface area contributed by atoms with Gasteiger partial charge in [-0.05, 0) is 24.8 Å². The summed E-state index contributed by atoms with van der Waals surface area (Å²) >= 11 is 0. The van der Waals surface area contributed by atoms with Crippen LogP contribution in [-0.2, 0) is 9.59 Å². The Kier molecular flexibility index (Phi) is 1.83. The van der Waals surface area contributed by atoms with Crippen molar-refractivity contribution in [1.82, 2.24) is 0 Å². The summed E-state index contributed by atoms with van der Waals surface area (Å²) in [6, 6.07) is 0. The molecule has 0 saturated heterocycles. The van der Waals surface area contributed by atoms with Gasteiger partial charge in [-0.2, -0.15) is 0 Å². The van der Waals surface area contributed by atoms with Gasteiger partial charge < -0.3 is 0 Å². The standard InChI is InChI=1S/C10H12O2/c11-8-5-4-7(6-8)9-2-1-3-10(9)12/h1,3,7,9H,2,4-6H2. The van der Waals surface area contributed by atoms with Crippen LogP contribution < -0.4 is 0 Å².